The lowest BCUT2D eigenvalue weighted by atomic mass is 10.1. The van der Waals surface area contributed by atoms with E-state index in [1.54, 1.807) is 26.4 Å². The van der Waals surface area contributed by atoms with E-state index >= 15 is 0 Å². The highest BCUT2D eigenvalue weighted by atomic mass is 16.5. The second-order valence-corrected chi connectivity index (χ2v) is 5.65. The molecule has 0 aliphatic rings. The second-order valence-electron chi connectivity index (χ2n) is 5.65. The van der Waals surface area contributed by atoms with Crippen LogP contribution in [0.4, 0.5) is 0 Å². The maximum atomic E-state index is 12.3. The molecule has 2 aromatic carbocycles. The molecule has 1 heterocycles. The fourth-order valence-corrected chi connectivity index (χ4v) is 2.74. The van der Waals surface area contributed by atoms with Gasteiger partial charge in [0, 0.05) is 18.4 Å². The Hall–Kier alpha value is -3.29. The van der Waals surface area contributed by atoms with Gasteiger partial charge >= 0.3 is 5.97 Å². The Bertz CT molecular complexity index is 979. The molecule has 0 aliphatic carbocycles. The van der Waals surface area contributed by atoms with Gasteiger partial charge < -0.3 is 24.4 Å². The number of hydrogen-bond donors (Lipinski definition) is 2. The van der Waals surface area contributed by atoms with Gasteiger partial charge in [-0.25, -0.2) is 0 Å². The predicted molar refractivity (Wildman–Crippen MR) is 93.8 cm³/mol. The first-order chi connectivity index (χ1) is 12.5. The van der Waals surface area contributed by atoms with Gasteiger partial charge in [0.2, 0.25) is 0 Å². The molecule has 1 amide bonds. The Morgan fingerprint density at radius 1 is 1.15 bits per heavy atom. The molecule has 3 rings (SSSR count). The number of carbonyl (C=O) groups is 2. The fraction of sp³-hybridized carbons (Fsp3) is 0.278. The number of carboxylic acid groups (broad SMARTS) is 1. The third-order valence-corrected chi connectivity index (χ3v) is 4.03. The molecule has 1 aromatic heterocycles. The van der Waals surface area contributed by atoms with Gasteiger partial charge in [-0.3, -0.25) is 9.59 Å². The number of carbonyl (C=O) groups excluding carboxylic acids is 1. The lowest BCUT2D eigenvalue weighted by Gasteiger charge is -2.09. The number of aliphatic carboxylic acids is 1. The number of benzene rings is 2. The van der Waals surface area contributed by atoms with E-state index in [1.807, 2.05) is 12.1 Å². The number of nitrogens with zero attached hydrogens (tertiary/aromatic N) is 1. The van der Waals surface area contributed by atoms with E-state index in [0.717, 1.165) is 10.8 Å². The van der Waals surface area contributed by atoms with Crippen LogP contribution in [0.3, 0.4) is 0 Å². The van der Waals surface area contributed by atoms with Gasteiger partial charge in [-0.15, -0.1) is 0 Å². The second kappa shape index (κ2) is 7.30. The van der Waals surface area contributed by atoms with Crippen LogP contribution < -0.4 is 14.8 Å². The van der Waals surface area contributed by atoms with Gasteiger partial charge in [0.25, 0.3) is 5.91 Å². The summed E-state index contributed by atoms with van der Waals surface area (Å²) in [6.07, 6.45) is 0.336. The summed E-state index contributed by atoms with van der Waals surface area (Å²) in [6.45, 7) is 0.248. The van der Waals surface area contributed by atoms with Gasteiger partial charge in [-0.05, 0) is 30.0 Å². The predicted octanol–water partition coefficient (Wildman–Crippen LogP) is 2.59. The summed E-state index contributed by atoms with van der Waals surface area (Å²) >= 11 is 0. The summed E-state index contributed by atoms with van der Waals surface area (Å²) in [4.78, 5) is 22.8. The summed E-state index contributed by atoms with van der Waals surface area (Å²) in [6, 6.07) is 7.20. The van der Waals surface area contributed by atoms with Gasteiger partial charge in [0.1, 0.15) is 0 Å². The van der Waals surface area contributed by atoms with Crippen molar-refractivity contribution in [2.45, 2.75) is 12.8 Å². The zero-order chi connectivity index (χ0) is 18.7. The molecule has 0 spiro atoms. The van der Waals surface area contributed by atoms with Crippen LogP contribution in [0.15, 0.2) is 28.8 Å². The Morgan fingerprint density at radius 3 is 2.58 bits per heavy atom. The largest absolute Gasteiger partial charge is 0.493 e. The molecule has 0 aliphatic heterocycles. The molecule has 8 nitrogen and oxygen atoms in total. The van der Waals surface area contributed by atoms with E-state index in [1.165, 1.54) is 0 Å². The number of nitrogens with one attached hydrogen (secondary N) is 1. The first-order valence-electron chi connectivity index (χ1n) is 7.99. The van der Waals surface area contributed by atoms with Crippen molar-refractivity contribution in [3.05, 3.63) is 30.0 Å². The molecule has 3 aromatic rings. The molecule has 0 atom stereocenters. The molecule has 0 bridgehead atoms. The average Bonchev–Trinajstić information content (AvgIpc) is 3.08. The van der Waals surface area contributed by atoms with Crippen molar-refractivity contribution in [3.8, 4) is 11.5 Å². The standard InChI is InChI=1S/C18H18N2O6/c1-24-13-8-10-5-6-11-16(18(23)19-7-3-4-15(21)22)20-26-17(11)12(10)9-14(13)25-2/h5-6,8-9H,3-4,7H2,1-2H3,(H,19,23)(H,21,22). The highest BCUT2D eigenvalue weighted by Gasteiger charge is 2.19. The maximum Gasteiger partial charge on any atom is 0.303 e. The molecule has 136 valence electrons. The molecule has 26 heavy (non-hydrogen) atoms. The monoisotopic (exact) mass is 358 g/mol. The first-order valence-corrected chi connectivity index (χ1v) is 7.99. The van der Waals surface area contributed by atoms with Crippen molar-refractivity contribution in [2.75, 3.05) is 20.8 Å². The van der Waals surface area contributed by atoms with Crippen molar-refractivity contribution in [2.24, 2.45) is 0 Å². The smallest absolute Gasteiger partial charge is 0.303 e. The lowest BCUT2D eigenvalue weighted by molar-refractivity contribution is -0.137. The van der Waals surface area contributed by atoms with Crippen LogP contribution in [-0.4, -0.2) is 42.9 Å². The van der Waals surface area contributed by atoms with Crippen LogP contribution in [0.2, 0.25) is 0 Å². The topological polar surface area (TPSA) is 111 Å². The zero-order valence-electron chi connectivity index (χ0n) is 14.4. The highest BCUT2D eigenvalue weighted by molar-refractivity contribution is 6.12. The number of ether oxygens (including phenoxy) is 2. The van der Waals surface area contributed by atoms with Crippen LogP contribution in [-0.2, 0) is 4.79 Å². The molecule has 0 fully saturated rings. The van der Waals surface area contributed by atoms with E-state index in [-0.39, 0.29) is 18.7 Å². The van der Waals surface area contributed by atoms with Crippen LogP contribution in [0, 0.1) is 0 Å². The van der Waals surface area contributed by atoms with Crippen LogP contribution in [0.25, 0.3) is 21.7 Å². The van der Waals surface area contributed by atoms with Gasteiger partial charge in [-0.1, -0.05) is 11.2 Å². The van der Waals surface area contributed by atoms with Crippen LogP contribution in [0.1, 0.15) is 23.3 Å². The van der Waals surface area contributed by atoms with Gasteiger partial charge in [-0.2, -0.15) is 0 Å². The Kier molecular flexibility index (Phi) is 4.92. The minimum absolute atomic E-state index is 0.00783. The fourth-order valence-electron chi connectivity index (χ4n) is 2.74. The highest BCUT2D eigenvalue weighted by Crippen LogP contribution is 2.36. The molecule has 8 heteroatoms. The quantitative estimate of drug-likeness (QED) is 0.624. The average molecular weight is 358 g/mol. The van der Waals surface area contributed by atoms with Crippen molar-refractivity contribution in [3.63, 3.8) is 0 Å². The van der Waals surface area contributed by atoms with Crippen molar-refractivity contribution in [1.29, 1.82) is 0 Å². The number of rotatable bonds is 7. The molecular formula is C18H18N2O6. The van der Waals surface area contributed by atoms with E-state index in [0.29, 0.717) is 28.9 Å². The van der Waals surface area contributed by atoms with E-state index in [4.69, 9.17) is 19.1 Å². The molecule has 2 N–H and O–H groups in total. The number of hydrogen-bond acceptors (Lipinski definition) is 6. The summed E-state index contributed by atoms with van der Waals surface area (Å²) in [5.41, 5.74) is 0.631. The minimum Gasteiger partial charge on any atom is -0.493 e. The Labute approximate surface area is 148 Å². The number of fused-ring (bicyclic) bond motifs is 3. The van der Waals surface area contributed by atoms with E-state index < -0.39 is 11.9 Å². The summed E-state index contributed by atoms with van der Waals surface area (Å²) in [5.74, 6) is -0.171. The normalized spacial score (nSPS) is 10.8. The number of amides is 1. The van der Waals surface area contributed by atoms with Crippen LogP contribution >= 0.6 is 0 Å². The molecule has 0 radical (unpaired) electrons. The van der Waals surface area contributed by atoms with Gasteiger partial charge in [0.05, 0.1) is 19.6 Å². The molecule has 0 saturated heterocycles. The number of carboxylic acids is 1. The minimum atomic E-state index is -0.901. The summed E-state index contributed by atoms with van der Waals surface area (Å²) < 4.78 is 16.0. The number of methoxy groups -OCH3 is 2. The number of aromatic nitrogens is 1. The summed E-state index contributed by atoms with van der Waals surface area (Å²) in [7, 11) is 3.10. The Balaban J connectivity index is 1.93. The van der Waals surface area contributed by atoms with Gasteiger partial charge in [0.15, 0.2) is 22.8 Å². The first kappa shape index (κ1) is 17.5. The molecular weight excluding hydrogens is 340 g/mol. The SMILES string of the molecule is COc1cc2ccc3c(C(=O)NCCCC(=O)O)noc3c2cc1OC. The van der Waals surface area contributed by atoms with Crippen LogP contribution in [0.5, 0.6) is 11.5 Å². The zero-order valence-corrected chi connectivity index (χ0v) is 14.4. The molecule has 0 unspecified atom stereocenters. The maximum absolute atomic E-state index is 12.3. The molecule has 0 saturated carbocycles. The van der Waals surface area contributed by atoms with Crippen molar-refractivity contribution < 1.29 is 28.7 Å². The summed E-state index contributed by atoms with van der Waals surface area (Å²) in [5, 5.41) is 17.3. The van der Waals surface area contributed by atoms with E-state index in [2.05, 4.69) is 10.5 Å². The third kappa shape index (κ3) is 3.26. The van der Waals surface area contributed by atoms with E-state index in [9.17, 15) is 9.59 Å². The van der Waals surface area contributed by atoms with Crippen molar-refractivity contribution >= 4 is 33.6 Å². The van der Waals surface area contributed by atoms with Crippen molar-refractivity contribution in [1.82, 2.24) is 10.5 Å². The lowest BCUT2D eigenvalue weighted by Crippen LogP contribution is -2.25. The Morgan fingerprint density at radius 2 is 1.88 bits per heavy atom. The third-order valence-electron chi connectivity index (χ3n) is 4.03.